The second-order valence-electron chi connectivity index (χ2n) is 4.66. The van der Waals surface area contributed by atoms with E-state index < -0.39 is 7.29 Å². The van der Waals surface area contributed by atoms with E-state index in [1.165, 1.54) is 0 Å². The Morgan fingerprint density at radius 3 is 2.21 bits per heavy atom. The molecule has 0 heterocycles. The van der Waals surface area contributed by atoms with Crippen molar-refractivity contribution in [1.82, 2.24) is 4.67 Å². The first-order valence-corrected chi connectivity index (χ1v) is 8.58. The van der Waals surface area contributed by atoms with Crippen molar-refractivity contribution in [2.75, 3.05) is 13.7 Å². The maximum Gasteiger partial charge on any atom is 0.175 e. The van der Waals surface area contributed by atoms with Gasteiger partial charge in [-0.2, -0.15) is 0 Å². The van der Waals surface area contributed by atoms with Crippen molar-refractivity contribution in [2.24, 2.45) is 0 Å². The second kappa shape index (κ2) is 5.92. The van der Waals surface area contributed by atoms with Crippen molar-refractivity contribution in [3.63, 3.8) is 0 Å². The third-order valence-electron chi connectivity index (χ3n) is 3.21. The van der Waals surface area contributed by atoms with Crippen molar-refractivity contribution in [3.05, 3.63) is 65.2 Å². The minimum atomic E-state index is -2.51. The van der Waals surface area contributed by atoms with Crippen molar-refractivity contribution in [2.45, 2.75) is 6.54 Å². The van der Waals surface area contributed by atoms with Crippen LogP contribution in [0, 0.1) is 0 Å². The first-order valence-electron chi connectivity index (χ1n) is 6.09. The molecule has 0 aliphatic heterocycles. The lowest BCUT2D eigenvalue weighted by Crippen LogP contribution is -2.21. The van der Waals surface area contributed by atoms with Gasteiger partial charge in [-0.25, -0.2) is 4.67 Å². The van der Waals surface area contributed by atoms with Crippen LogP contribution in [-0.4, -0.2) is 18.4 Å². The zero-order valence-corrected chi connectivity index (χ0v) is 12.7. The summed E-state index contributed by atoms with van der Waals surface area (Å²) in [5.74, 6) is 0. The van der Waals surface area contributed by atoms with Crippen LogP contribution in [0.1, 0.15) is 5.56 Å². The molecule has 2 nitrogen and oxygen atoms in total. The molecule has 0 bridgehead atoms. The average molecular weight is 294 g/mol. The van der Waals surface area contributed by atoms with Gasteiger partial charge in [-0.15, -0.1) is 0 Å². The molecule has 4 heteroatoms. The molecule has 2 aromatic rings. The Kier molecular flexibility index (Phi) is 4.46. The quantitative estimate of drug-likeness (QED) is 0.794. The van der Waals surface area contributed by atoms with Crippen LogP contribution in [0.4, 0.5) is 0 Å². The molecule has 0 saturated carbocycles. The number of hydrogen-bond acceptors (Lipinski definition) is 1. The molecular weight excluding hydrogens is 277 g/mol. The third kappa shape index (κ3) is 3.48. The molecule has 1 atom stereocenters. The molecule has 0 aliphatic rings. The van der Waals surface area contributed by atoms with Gasteiger partial charge in [0.1, 0.15) is 0 Å². The summed E-state index contributed by atoms with van der Waals surface area (Å²) in [6.45, 7) is 2.44. The van der Waals surface area contributed by atoms with Gasteiger partial charge in [0.2, 0.25) is 0 Å². The van der Waals surface area contributed by atoms with Gasteiger partial charge in [0, 0.05) is 23.5 Å². The molecule has 0 aromatic heterocycles. The van der Waals surface area contributed by atoms with E-state index in [1.54, 1.807) is 6.66 Å². The van der Waals surface area contributed by atoms with Gasteiger partial charge >= 0.3 is 0 Å². The van der Waals surface area contributed by atoms with Crippen molar-refractivity contribution in [3.8, 4) is 0 Å². The van der Waals surface area contributed by atoms with Crippen LogP contribution in [0.3, 0.4) is 0 Å². The Bertz CT molecular complexity index is 583. The minimum Gasteiger partial charge on any atom is -0.302 e. The van der Waals surface area contributed by atoms with Gasteiger partial charge in [0.05, 0.1) is 0 Å². The fraction of sp³-hybridized carbons (Fsp3) is 0.200. The van der Waals surface area contributed by atoms with Crippen molar-refractivity contribution >= 4 is 24.2 Å². The summed E-state index contributed by atoms with van der Waals surface area (Å²) < 4.78 is 14.8. The summed E-state index contributed by atoms with van der Waals surface area (Å²) in [4.78, 5) is 0. The predicted octanol–water partition coefficient (Wildman–Crippen LogP) is 4.01. The van der Waals surface area contributed by atoms with E-state index in [4.69, 9.17) is 11.6 Å². The van der Waals surface area contributed by atoms with Crippen LogP contribution < -0.4 is 5.30 Å². The van der Waals surface area contributed by atoms with Gasteiger partial charge in [-0.3, -0.25) is 0 Å². The van der Waals surface area contributed by atoms with E-state index in [2.05, 4.69) is 0 Å². The lowest BCUT2D eigenvalue weighted by Gasteiger charge is -2.25. The molecule has 19 heavy (non-hydrogen) atoms. The van der Waals surface area contributed by atoms with E-state index in [0.717, 1.165) is 10.9 Å². The fourth-order valence-corrected chi connectivity index (χ4v) is 3.57. The molecule has 0 N–H and O–H groups in total. The van der Waals surface area contributed by atoms with Crippen LogP contribution >= 0.6 is 18.9 Å². The highest BCUT2D eigenvalue weighted by atomic mass is 35.5. The molecule has 0 fully saturated rings. The topological polar surface area (TPSA) is 20.3 Å². The van der Waals surface area contributed by atoms with E-state index in [-0.39, 0.29) is 0 Å². The maximum atomic E-state index is 12.9. The molecule has 100 valence electrons. The number of rotatable bonds is 4. The standard InChI is InChI=1S/C15H17ClNOP/c1-17(12-13-8-10-14(16)11-9-13)19(2,18)15-6-4-3-5-7-15/h3-11H,12H2,1-2H3. The van der Waals surface area contributed by atoms with Gasteiger partial charge in [0.25, 0.3) is 0 Å². The Morgan fingerprint density at radius 2 is 1.63 bits per heavy atom. The number of nitrogens with zero attached hydrogens (tertiary/aromatic N) is 1. The maximum absolute atomic E-state index is 12.9. The molecular formula is C15H17ClNOP. The van der Waals surface area contributed by atoms with Crippen LogP contribution in [0.5, 0.6) is 0 Å². The summed E-state index contributed by atoms with van der Waals surface area (Å²) in [5.41, 5.74) is 1.10. The van der Waals surface area contributed by atoms with Crippen molar-refractivity contribution < 1.29 is 4.57 Å². The lowest BCUT2D eigenvalue weighted by molar-refractivity contribution is 0.477. The predicted molar refractivity (Wildman–Crippen MR) is 82.5 cm³/mol. The Balaban J connectivity index is 2.17. The van der Waals surface area contributed by atoms with E-state index in [0.29, 0.717) is 11.6 Å². The molecule has 2 aromatic carbocycles. The summed E-state index contributed by atoms with van der Waals surface area (Å²) in [5, 5.41) is 1.60. The molecule has 0 amide bonds. The monoisotopic (exact) mass is 293 g/mol. The Labute approximate surface area is 119 Å². The summed E-state index contributed by atoms with van der Waals surface area (Å²) in [6.07, 6.45) is 0. The highest BCUT2D eigenvalue weighted by molar-refractivity contribution is 7.68. The average Bonchev–Trinajstić information content (AvgIpc) is 2.42. The zero-order valence-electron chi connectivity index (χ0n) is 11.1. The van der Waals surface area contributed by atoms with Gasteiger partial charge in [-0.05, 0) is 24.7 Å². The summed E-state index contributed by atoms with van der Waals surface area (Å²) >= 11 is 5.87. The lowest BCUT2D eigenvalue weighted by atomic mass is 10.2. The smallest absolute Gasteiger partial charge is 0.175 e. The highest BCUT2D eigenvalue weighted by Crippen LogP contribution is 2.43. The second-order valence-corrected chi connectivity index (χ2v) is 8.05. The molecule has 0 saturated heterocycles. The van der Waals surface area contributed by atoms with Gasteiger partial charge in [0.15, 0.2) is 7.29 Å². The van der Waals surface area contributed by atoms with Crippen LogP contribution in [-0.2, 0) is 11.1 Å². The Hall–Kier alpha value is -1.08. The minimum absolute atomic E-state index is 0.639. The van der Waals surface area contributed by atoms with Crippen LogP contribution in [0.25, 0.3) is 0 Å². The highest BCUT2D eigenvalue weighted by Gasteiger charge is 2.23. The van der Waals surface area contributed by atoms with E-state index in [9.17, 15) is 4.57 Å². The van der Waals surface area contributed by atoms with Crippen LogP contribution in [0.15, 0.2) is 54.6 Å². The molecule has 2 rings (SSSR count). The fourth-order valence-electron chi connectivity index (χ4n) is 1.89. The van der Waals surface area contributed by atoms with E-state index >= 15 is 0 Å². The first-order chi connectivity index (χ1) is 9.00. The Morgan fingerprint density at radius 1 is 1.05 bits per heavy atom. The third-order valence-corrected chi connectivity index (χ3v) is 6.16. The molecule has 0 spiro atoms. The summed E-state index contributed by atoms with van der Waals surface area (Å²) in [6, 6.07) is 17.2. The normalized spacial score (nSPS) is 14.3. The molecule has 0 aliphatic carbocycles. The van der Waals surface area contributed by atoms with Gasteiger partial charge in [-0.1, -0.05) is 54.1 Å². The van der Waals surface area contributed by atoms with E-state index in [1.807, 2.05) is 66.3 Å². The molecule has 1 unspecified atom stereocenters. The zero-order chi connectivity index (χ0) is 13.9. The largest absolute Gasteiger partial charge is 0.302 e. The number of hydrogen-bond donors (Lipinski definition) is 0. The van der Waals surface area contributed by atoms with Crippen molar-refractivity contribution in [1.29, 1.82) is 0 Å². The first kappa shape index (κ1) is 14.3. The number of halogens is 1. The number of benzene rings is 2. The summed E-state index contributed by atoms with van der Waals surface area (Å²) in [7, 11) is -0.622. The molecule has 0 radical (unpaired) electrons. The van der Waals surface area contributed by atoms with Gasteiger partial charge < -0.3 is 4.57 Å². The SMILES string of the molecule is CN(Cc1ccc(Cl)cc1)P(C)(=O)c1ccccc1. The van der Waals surface area contributed by atoms with Crippen LogP contribution in [0.2, 0.25) is 5.02 Å².